The second kappa shape index (κ2) is 7.45. The van der Waals surface area contributed by atoms with Crippen molar-refractivity contribution >= 4 is 0 Å². The Morgan fingerprint density at radius 3 is 1.86 bits per heavy atom. The van der Waals surface area contributed by atoms with Crippen LogP contribution < -0.4 is 4.74 Å². The quantitative estimate of drug-likeness (QED) is 0.253. The SMILES string of the molecule is CC1(C)c2ccccc2-c2c(-c3cccc4c3Oc3ccccc3C4(C)c3ccccc3)cccc21. The van der Waals surface area contributed by atoms with Gasteiger partial charge < -0.3 is 4.74 Å². The summed E-state index contributed by atoms with van der Waals surface area (Å²) in [6.07, 6.45) is 0. The van der Waals surface area contributed by atoms with E-state index in [1.807, 2.05) is 0 Å². The summed E-state index contributed by atoms with van der Waals surface area (Å²) >= 11 is 0. The van der Waals surface area contributed by atoms with Gasteiger partial charge in [0.2, 0.25) is 0 Å². The Morgan fingerprint density at radius 1 is 0.472 bits per heavy atom. The van der Waals surface area contributed by atoms with Crippen LogP contribution in [-0.4, -0.2) is 0 Å². The smallest absolute Gasteiger partial charge is 0.139 e. The van der Waals surface area contributed by atoms with Gasteiger partial charge in [-0.05, 0) is 46.4 Å². The summed E-state index contributed by atoms with van der Waals surface area (Å²) in [5.74, 6) is 1.88. The van der Waals surface area contributed by atoms with Gasteiger partial charge in [0.25, 0.3) is 0 Å². The Balaban J connectivity index is 1.53. The second-order valence-corrected chi connectivity index (χ2v) is 10.7. The van der Waals surface area contributed by atoms with Crippen LogP contribution in [0, 0.1) is 0 Å². The highest BCUT2D eigenvalue weighted by Crippen LogP contribution is 2.57. The zero-order chi connectivity index (χ0) is 24.5. The molecule has 1 aliphatic carbocycles. The molecule has 0 radical (unpaired) electrons. The van der Waals surface area contributed by atoms with E-state index in [1.165, 1.54) is 44.5 Å². The van der Waals surface area contributed by atoms with E-state index in [1.54, 1.807) is 0 Å². The number of rotatable bonds is 2. The molecule has 1 atom stereocenters. The standard InChI is InChI=1S/C35H28O/c1-34(2)27-18-8-7-15-26(27)32-24(16-11-20-29(32)34)25-17-12-21-30-33(25)36-31-22-10-9-19-28(31)35(30,3)23-13-5-4-6-14-23/h4-22H,1-3H3. The third kappa shape index (κ3) is 2.72. The lowest BCUT2D eigenvalue weighted by Crippen LogP contribution is -2.29. The predicted octanol–water partition coefficient (Wildman–Crippen LogP) is 9.12. The van der Waals surface area contributed by atoms with Crippen molar-refractivity contribution < 1.29 is 4.74 Å². The number of fused-ring (bicyclic) bond motifs is 5. The molecule has 0 spiro atoms. The lowest BCUT2D eigenvalue weighted by atomic mass is 9.68. The van der Waals surface area contributed by atoms with Gasteiger partial charge in [-0.2, -0.15) is 0 Å². The summed E-state index contributed by atoms with van der Waals surface area (Å²) in [7, 11) is 0. The van der Waals surface area contributed by atoms with Crippen molar-refractivity contribution in [3.63, 3.8) is 0 Å². The third-order valence-electron chi connectivity index (χ3n) is 8.44. The van der Waals surface area contributed by atoms with Crippen LogP contribution in [0.3, 0.4) is 0 Å². The molecule has 1 nitrogen and oxygen atoms in total. The summed E-state index contributed by atoms with van der Waals surface area (Å²) in [6, 6.07) is 41.6. The van der Waals surface area contributed by atoms with Crippen molar-refractivity contribution in [1.82, 2.24) is 0 Å². The Kier molecular flexibility index (Phi) is 4.39. The van der Waals surface area contributed by atoms with E-state index in [0.29, 0.717) is 0 Å². The Labute approximate surface area is 213 Å². The first kappa shape index (κ1) is 21.2. The Morgan fingerprint density at radius 2 is 1.06 bits per heavy atom. The van der Waals surface area contributed by atoms with Crippen LogP contribution in [0.25, 0.3) is 22.3 Å². The molecule has 1 aliphatic heterocycles. The van der Waals surface area contributed by atoms with Crippen molar-refractivity contribution in [3.05, 3.63) is 143 Å². The molecule has 5 aromatic carbocycles. The van der Waals surface area contributed by atoms with E-state index >= 15 is 0 Å². The molecule has 1 heteroatoms. The van der Waals surface area contributed by atoms with Gasteiger partial charge in [0.05, 0.1) is 0 Å². The van der Waals surface area contributed by atoms with Crippen LogP contribution >= 0.6 is 0 Å². The van der Waals surface area contributed by atoms with Crippen LogP contribution in [0.5, 0.6) is 11.5 Å². The maximum Gasteiger partial charge on any atom is 0.139 e. The maximum absolute atomic E-state index is 6.78. The Bertz CT molecular complexity index is 1640. The van der Waals surface area contributed by atoms with Gasteiger partial charge in [-0.3, -0.25) is 0 Å². The molecular weight excluding hydrogens is 436 g/mol. The highest BCUT2D eigenvalue weighted by atomic mass is 16.5. The minimum Gasteiger partial charge on any atom is -0.456 e. The van der Waals surface area contributed by atoms with Gasteiger partial charge in [0.1, 0.15) is 11.5 Å². The molecule has 1 heterocycles. The monoisotopic (exact) mass is 464 g/mol. The average Bonchev–Trinajstić information content (AvgIpc) is 3.16. The predicted molar refractivity (Wildman–Crippen MR) is 148 cm³/mol. The van der Waals surface area contributed by atoms with Crippen molar-refractivity contribution in [1.29, 1.82) is 0 Å². The van der Waals surface area contributed by atoms with E-state index in [0.717, 1.165) is 17.1 Å². The normalized spacial score (nSPS) is 18.4. The highest BCUT2D eigenvalue weighted by molar-refractivity contribution is 5.94. The van der Waals surface area contributed by atoms with Crippen molar-refractivity contribution in [2.75, 3.05) is 0 Å². The van der Waals surface area contributed by atoms with Gasteiger partial charge in [-0.1, -0.05) is 123 Å². The second-order valence-electron chi connectivity index (χ2n) is 10.7. The highest BCUT2D eigenvalue weighted by Gasteiger charge is 2.42. The van der Waals surface area contributed by atoms with Crippen LogP contribution in [-0.2, 0) is 10.8 Å². The average molecular weight is 465 g/mol. The zero-order valence-corrected chi connectivity index (χ0v) is 20.9. The van der Waals surface area contributed by atoms with E-state index in [9.17, 15) is 0 Å². The number of hydrogen-bond donors (Lipinski definition) is 0. The van der Waals surface area contributed by atoms with Crippen molar-refractivity contribution in [2.24, 2.45) is 0 Å². The first-order valence-corrected chi connectivity index (χ1v) is 12.7. The minimum atomic E-state index is -0.323. The number of ether oxygens (including phenoxy) is 1. The van der Waals surface area contributed by atoms with Crippen LogP contribution in [0.4, 0.5) is 0 Å². The lowest BCUT2D eigenvalue weighted by Gasteiger charge is -2.39. The summed E-state index contributed by atoms with van der Waals surface area (Å²) in [5, 5.41) is 0. The molecule has 0 N–H and O–H groups in total. The molecule has 174 valence electrons. The molecule has 0 saturated carbocycles. The summed E-state index contributed by atoms with van der Waals surface area (Å²) in [4.78, 5) is 0. The fraction of sp³-hybridized carbons (Fsp3) is 0.143. The zero-order valence-electron chi connectivity index (χ0n) is 20.9. The maximum atomic E-state index is 6.78. The van der Waals surface area contributed by atoms with Crippen LogP contribution in [0.15, 0.2) is 115 Å². The van der Waals surface area contributed by atoms with E-state index in [2.05, 4.69) is 136 Å². The summed E-state index contributed by atoms with van der Waals surface area (Å²) in [6.45, 7) is 7.00. The van der Waals surface area contributed by atoms with Gasteiger partial charge in [-0.25, -0.2) is 0 Å². The van der Waals surface area contributed by atoms with E-state index in [-0.39, 0.29) is 10.8 Å². The van der Waals surface area contributed by atoms with Crippen LogP contribution in [0.2, 0.25) is 0 Å². The molecule has 0 saturated heterocycles. The van der Waals surface area contributed by atoms with Crippen molar-refractivity contribution in [2.45, 2.75) is 31.6 Å². The lowest BCUT2D eigenvalue weighted by molar-refractivity contribution is 0.429. The fourth-order valence-electron chi connectivity index (χ4n) is 6.54. The molecule has 5 aromatic rings. The van der Waals surface area contributed by atoms with Gasteiger partial charge in [-0.15, -0.1) is 0 Å². The fourth-order valence-corrected chi connectivity index (χ4v) is 6.54. The summed E-state index contributed by atoms with van der Waals surface area (Å²) in [5.41, 5.74) is 11.1. The van der Waals surface area contributed by atoms with Gasteiger partial charge in [0.15, 0.2) is 0 Å². The molecule has 0 bridgehead atoms. The van der Waals surface area contributed by atoms with Gasteiger partial charge in [0, 0.05) is 27.5 Å². The Hall–Kier alpha value is -4.10. The number of hydrogen-bond acceptors (Lipinski definition) is 1. The molecule has 2 aliphatic rings. The first-order chi connectivity index (χ1) is 17.5. The van der Waals surface area contributed by atoms with E-state index in [4.69, 9.17) is 4.74 Å². The third-order valence-corrected chi connectivity index (χ3v) is 8.44. The first-order valence-electron chi connectivity index (χ1n) is 12.7. The molecule has 0 fully saturated rings. The minimum absolute atomic E-state index is 0.0389. The molecular formula is C35H28O. The molecule has 7 rings (SSSR count). The van der Waals surface area contributed by atoms with Crippen molar-refractivity contribution in [3.8, 4) is 33.8 Å². The molecule has 0 amide bonds. The number of para-hydroxylation sites is 2. The van der Waals surface area contributed by atoms with Gasteiger partial charge >= 0.3 is 0 Å². The molecule has 0 aromatic heterocycles. The molecule has 36 heavy (non-hydrogen) atoms. The van der Waals surface area contributed by atoms with Crippen LogP contribution in [0.1, 0.15) is 48.6 Å². The largest absolute Gasteiger partial charge is 0.456 e. The topological polar surface area (TPSA) is 9.23 Å². The summed E-state index contributed by atoms with van der Waals surface area (Å²) < 4.78 is 6.78. The number of benzene rings is 5. The molecule has 1 unspecified atom stereocenters. The van der Waals surface area contributed by atoms with E-state index < -0.39 is 0 Å².